The molecule has 1 amide bonds. The van der Waals surface area contributed by atoms with Crippen molar-refractivity contribution in [3.63, 3.8) is 0 Å². The average Bonchev–Trinajstić information content (AvgIpc) is 3.57. The summed E-state index contributed by atoms with van der Waals surface area (Å²) in [5, 5.41) is 18.5. The summed E-state index contributed by atoms with van der Waals surface area (Å²) < 4.78 is 3.16. The minimum atomic E-state index is -0.974. The summed E-state index contributed by atoms with van der Waals surface area (Å²) in [5.41, 5.74) is 4.30. The quantitative estimate of drug-likeness (QED) is 0.346. The molecule has 4 aromatic rings. The van der Waals surface area contributed by atoms with E-state index in [1.165, 1.54) is 17.1 Å². The molecular formula is C24H27N7O3S. The van der Waals surface area contributed by atoms with Crippen LogP contribution in [0.5, 0.6) is 0 Å². The van der Waals surface area contributed by atoms with E-state index in [9.17, 15) is 9.59 Å². The van der Waals surface area contributed by atoms with E-state index in [-0.39, 0.29) is 19.0 Å². The fourth-order valence-electron chi connectivity index (χ4n) is 3.80. The van der Waals surface area contributed by atoms with Crippen molar-refractivity contribution in [2.45, 2.75) is 53.1 Å². The van der Waals surface area contributed by atoms with Gasteiger partial charge in [0.1, 0.15) is 6.54 Å². The number of hydrogen-bond acceptors (Lipinski definition) is 7. The maximum Gasteiger partial charge on any atom is 0.323 e. The number of thiophene rings is 1. The molecule has 4 heterocycles. The van der Waals surface area contributed by atoms with Crippen molar-refractivity contribution in [2.24, 2.45) is 0 Å². The van der Waals surface area contributed by atoms with Crippen LogP contribution in [0, 0.1) is 13.8 Å². The van der Waals surface area contributed by atoms with Crippen LogP contribution in [0.25, 0.3) is 16.5 Å². The zero-order chi connectivity index (χ0) is 24.9. The molecule has 35 heavy (non-hydrogen) atoms. The lowest BCUT2D eigenvalue weighted by molar-refractivity contribution is -0.137. The summed E-state index contributed by atoms with van der Waals surface area (Å²) in [7, 11) is 0. The van der Waals surface area contributed by atoms with Gasteiger partial charge in [0.05, 0.1) is 52.3 Å². The summed E-state index contributed by atoms with van der Waals surface area (Å²) in [5.74, 6) is -0.854. The zero-order valence-electron chi connectivity index (χ0n) is 19.9. The number of nitrogens with zero attached hydrogens (tertiary/aromatic N) is 6. The average molecular weight is 494 g/mol. The van der Waals surface area contributed by atoms with E-state index in [0.29, 0.717) is 29.3 Å². The number of aryl methyl sites for hydroxylation is 2. The molecule has 0 aliphatic heterocycles. The van der Waals surface area contributed by atoms with Crippen LogP contribution in [0.3, 0.4) is 0 Å². The van der Waals surface area contributed by atoms with Gasteiger partial charge in [-0.05, 0) is 43.7 Å². The number of carboxylic acids is 1. The summed E-state index contributed by atoms with van der Waals surface area (Å²) in [6.07, 6.45) is 7.25. The Morgan fingerprint density at radius 2 is 2.00 bits per heavy atom. The highest BCUT2D eigenvalue weighted by Crippen LogP contribution is 2.26. The van der Waals surface area contributed by atoms with Gasteiger partial charge in [0.25, 0.3) is 11.9 Å². The summed E-state index contributed by atoms with van der Waals surface area (Å²) in [4.78, 5) is 38.8. The number of carboxylic acid groups (broad SMARTS) is 1. The van der Waals surface area contributed by atoms with Gasteiger partial charge in [-0.3, -0.25) is 9.59 Å². The maximum absolute atomic E-state index is 13.2. The molecule has 0 aliphatic carbocycles. The molecule has 11 heteroatoms. The Morgan fingerprint density at radius 1 is 1.17 bits per heavy atom. The van der Waals surface area contributed by atoms with Crippen molar-refractivity contribution in [2.75, 3.05) is 0 Å². The van der Waals surface area contributed by atoms with Crippen molar-refractivity contribution in [1.29, 1.82) is 0 Å². The predicted octanol–water partition coefficient (Wildman–Crippen LogP) is 3.56. The highest BCUT2D eigenvalue weighted by Gasteiger charge is 2.21. The SMILES string of the molecule is CCCCc1c(C(=O)NCc2c(C)ncn2CC(=O)O)cnn1-c1ncc(C)c(-c2cccs2)n1. The van der Waals surface area contributed by atoms with Gasteiger partial charge >= 0.3 is 5.97 Å². The number of rotatable bonds is 10. The number of imidazole rings is 1. The summed E-state index contributed by atoms with van der Waals surface area (Å²) in [6.45, 7) is 5.77. The van der Waals surface area contributed by atoms with E-state index >= 15 is 0 Å². The lowest BCUT2D eigenvalue weighted by atomic mass is 10.1. The Morgan fingerprint density at radius 3 is 2.71 bits per heavy atom. The number of unbranched alkanes of at least 4 members (excludes halogenated alkanes) is 1. The first-order chi connectivity index (χ1) is 16.9. The largest absolute Gasteiger partial charge is 0.480 e. The lowest BCUT2D eigenvalue weighted by Crippen LogP contribution is -2.26. The third-order valence-corrected chi connectivity index (χ3v) is 6.54. The van der Waals surface area contributed by atoms with Crippen molar-refractivity contribution in [3.8, 4) is 16.5 Å². The van der Waals surface area contributed by atoms with Crippen LogP contribution in [-0.4, -0.2) is 46.3 Å². The topological polar surface area (TPSA) is 128 Å². The number of hydrogen-bond donors (Lipinski definition) is 2. The van der Waals surface area contributed by atoms with Gasteiger partial charge in [0.15, 0.2) is 0 Å². The second kappa shape index (κ2) is 10.6. The molecule has 0 fully saturated rings. The summed E-state index contributed by atoms with van der Waals surface area (Å²) in [6, 6.07) is 4.00. The highest BCUT2D eigenvalue weighted by atomic mass is 32.1. The molecule has 182 valence electrons. The molecular weight excluding hydrogens is 466 g/mol. The highest BCUT2D eigenvalue weighted by molar-refractivity contribution is 7.13. The Kier molecular flexibility index (Phi) is 7.35. The van der Waals surface area contributed by atoms with Crippen molar-refractivity contribution in [3.05, 3.63) is 64.4 Å². The lowest BCUT2D eigenvalue weighted by Gasteiger charge is -2.11. The molecule has 0 atom stereocenters. The molecule has 0 radical (unpaired) electrons. The third kappa shape index (κ3) is 5.29. The van der Waals surface area contributed by atoms with Crippen molar-refractivity contribution in [1.82, 2.24) is 34.6 Å². The van der Waals surface area contributed by atoms with Crippen molar-refractivity contribution < 1.29 is 14.7 Å². The number of carbonyl (C=O) groups is 2. The molecule has 4 aromatic heterocycles. The molecule has 0 saturated carbocycles. The molecule has 0 aliphatic rings. The zero-order valence-corrected chi connectivity index (χ0v) is 20.7. The maximum atomic E-state index is 13.2. The number of nitrogens with one attached hydrogen (secondary N) is 1. The minimum absolute atomic E-state index is 0.153. The number of carbonyl (C=O) groups excluding carboxylic acids is 1. The first-order valence-corrected chi connectivity index (χ1v) is 12.2. The third-order valence-electron chi connectivity index (χ3n) is 5.66. The van der Waals surface area contributed by atoms with Crippen LogP contribution in [-0.2, 0) is 24.3 Å². The molecule has 0 unspecified atom stereocenters. The van der Waals surface area contributed by atoms with Gasteiger partial charge in [0.2, 0.25) is 0 Å². The number of aliphatic carboxylic acids is 1. The monoisotopic (exact) mass is 493 g/mol. The van der Waals surface area contributed by atoms with Gasteiger partial charge in [-0.15, -0.1) is 11.3 Å². The van der Waals surface area contributed by atoms with Crippen molar-refractivity contribution >= 4 is 23.2 Å². The predicted molar refractivity (Wildman–Crippen MR) is 132 cm³/mol. The second-order valence-electron chi connectivity index (χ2n) is 8.18. The van der Waals surface area contributed by atoms with Gasteiger partial charge in [-0.2, -0.15) is 5.10 Å². The number of aromatic nitrogens is 6. The molecule has 4 rings (SSSR count). The van der Waals surface area contributed by atoms with E-state index in [4.69, 9.17) is 10.1 Å². The van der Waals surface area contributed by atoms with Crippen LogP contribution in [0.2, 0.25) is 0 Å². The molecule has 10 nitrogen and oxygen atoms in total. The van der Waals surface area contributed by atoms with Crippen LogP contribution in [0.4, 0.5) is 0 Å². The smallest absolute Gasteiger partial charge is 0.323 e. The second-order valence-corrected chi connectivity index (χ2v) is 9.13. The fourth-order valence-corrected chi connectivity index (χ4v) is 4.58. The van der Waals surface area contributed by atoms with E-state index in [0.717, 1.165) is 34.7 Å². The molecule has 0 spiro atoms. The Labute approximate surface area is 206 Å². The van der Waals surface area contributed by atoms with Gasteiger partial charge in [0, 0.05) is 6.20 Å². The normalized spacial score (nSPS) is 11.1. The summed E-state index contributed by atoms with van der Waals surface area (Å²) >= 11 is 1.61. The van der Waals surface area contributed by atoms with Crippen LogP contribution in [0.1, 0.15) is 52.8 Å². The van der Waals surface area contributed by atoms with Gasteiger partial charge in [-0.1, -0.05) is 19.4 Å². The first-order valence-electron chi connectivity index (χ1n) is 11.3. The van der Waals surface area contributed by atoms with Crippen LogP contribution in [0.15, 0.2) is 36.2 Å². The molecule has 0 saturated heterocycles. The molecule has 0 aromatic carbocycles. The Bertz CT molecular complexity index is 1340. The van der Waals surface area contributed by atoms with E-state index in [2.05, 4.69) is 27.3 Å². The van der Waals surface area contributed by atoms with E-state index in [1.807, 2.05) is 24.4 Å². The number of amides is 1. The first kappa shape index (κ1) is 24.3. The fraction of sp³-hybridized carbons (Fsp3) is 0.333. The van der Waals surface area contributed by atoms with E-state index in [1.54, 1.807) is 29.1 Å². The molecule has 2 N–H and O–H groups in total. The van der Waals surface area contributed by atoms with E-state index < -0.39 is 5.97 Å². The van der Waals surface area contributed by atoms with Crippen LogP contribution < -0.4 is 5.32 Å². The Hall–Kier alpha value is -3.86. The van der Waals surface area contributed by atoms with Gasteiger partial charge < -0.3 is 15.0 Å². The molecule has 0 bridgehead atoms. The standard InChI is InChI=1S/C24H27N7O3S/c1-4-5-7-18-17(23(34)25-12-19-16(3)27-14-30(19)13-21(32)33)11-28-31(18)24-26-10-15(2)22(29-24)20-8-6-9-35-20/h6,8-11,14H,4-5,7,12-13H2,1-3H3,(H,25,34)(H,32,33). The van der Waals surface area contributed by atoms with Gasteiger partial charge in [-0.25, -0.2) is 19.6 Å². The van der Waals surface area contributed by atoms with Crippen LogP contribution >= 0.6 is 11.3 Å². The minimum Gasteiger partial charge on any atom is -0.480 e. The Balaban J connectivity index is 1.62.